The Morgan fingerprint density at radius 3 is 2.76 bits per heavy atom. The predicted octanol–water partition coefficient (Wildman–Crippen LogP) is 5.03. The van der Waals surface area contributed by atoms with Gasteiger partial charge in [-0.1, -0.05) is 19.4 Å². The van der Waals surface area contributed by atoms with Gasteiger partial charge in [0, 0.05) is 11.6 Å². The summed E-state index contributed by atoms with van der Waals surface area (Å²) in [7, 11) is 0. The van der Waals surface area contributed by atoms with Crippen LogP contribution in [0.4, 0.5) is 0 Å². The molecule has 2 aliphatic rings. The van der Waals surface area contributed by atoms with Gasteiger partial charge in [-0.25, -0.2) is 0 Å². The number of ether oxygens (including phenoxy) is 2. The monoisotopic (exact) mass is 308 g/mol. The number of halogens is 1. The average Bonchev–Trinajstić information content (AvgIpc) is 3.13. The van der Waals surface area contributed by atoms with Crippen molar-refractivity contribution in [2.75, 3.05) is 13.2 Å². The van der Waals surface area contributed by atoms with E-state index in [1.165, 1.54) is 25.7 Å². The molecular formula is C18H25ClO2. The molecule has 0 amide bonds. The molecule has 3 atom stereocenters. The van der Waals surface area contributed by atoms with Gasteiger partial charge >= 0.3 is 0 Å². The summed E-state index contributed by atoms with van der Waals surface area (Å²) in [6.45, 7) is 3.69. The molecule has 0 heterocycles. The number of hydrogen-bond acceptors (Lipinski definition) is 2. The predicted molar refractivity (Wildman–Crippen MR) is 86.2 cm³/mol. The van der Waals surface area contributed by atoms with E-state index in [-0.39, 0.29) is 0 Å². The van der Waals surface area contributed by atoms with E-state index >= 15 is 0 Å². The van der Waals surface area contributed by atoms with Gasteiger partial charge in [0.05, 0.1) is 19.1 Å². The van der Waals surface area contributed by atoms with E-state index in [9.17, 15) is 0 Å². The minimum atomic E-state index is 0.486. The molecule has 2 bridgehead atoms. The van der Waals surface area contributed by atoms with Gasteiger partial charge in [0.2, 0.25) is 0 Å². The van der Waals surface area contributed by atoms with Crippen LogP contribution in [-0.4, -0.2) is 13.2 Å². The molecule has 1 aromatic rings. The first kappa shape index (κ1) is 15.0. The lowest BCUT2D eigenvalue weighted by Crippen LogP contribution is -2.18. The number of benzene rings is 1. The number of rotatable bonds is 7. The Balaban J connectivity index is 1.62. The van der Waals surface area contributed by atoms with Gasteiger partial charge in [-0.3, -0.25) is 0 Å². The van der Waals surface area contributed by atoms with Crippen molar-refractivity contribution in [1.29, 1.82) is 0 Å². The Morgan fingerprint density at radius 1 is 1.19 bits per heavy atom. The summed E-state index contributed by atoms with van der Waals surface area (Å²) in [5.41, 5.74) is 1.06. The van der Waals surface area contributed by atoms with E-state index in [4.69, 9.17) is 21.1 Å². The van der Waals surface area contributed by atoms with Gasteiger partial charge in [-0.15, -0.1) is 11.6 Å². The maximum absolute atomic E-state index is 6.12. The highest BCUT2D eigenvalue weighted by molar-refractivity contribution is 6.17. The lowest BCUT2D eigenvalue weighted by atomic mass is 9.89. The van der Waals surface area contributed by atoms with E-state index in [2.05, 4.69) is 6.92 Å². The van der Waals surface area contributed by atoms with Crippen LogP contribution in [0, 0.1) is 17.8 Å². The Bertz CT molecular complexity index is 474. The highest BCUT2D eigenvalue weighted by Crippen LogP contribution is 2.48. The lowest BCUT2D eigenvalue weighted by Gasteiger charge is -2.22. The third-order valence-electron chi connectivity index (χ3n) is 4.99. The largest absolute Gasteiger partial charge is 0.493 e. The van der Waals surface area contributed by atoms with E-state index in [1.54, 1.807) is 0 Å². The first-order chi connectivity index (χ1) is 10.3. The molecule has 0 aliphatic heterocycles. The van der Waals surface area contributed by atoms with E-state index in [0.717, 1.165) is 54.5 Å². The molecule has 2 aliphatic carbocycles. The molecule has 1 aromatic carbocycles. The van der Waals surface area contributed by atoms with Gasteiger partial charge in [0.15, 0.2) is 0 Å². The summed E-state index contributed by atoms with van der Waals surface area (Å²) in [5.74, 6) is 4.88. The average molecular weight is 309 g/mol. The third kappa shape index (κ3) is 3.48. The summed E-state index contributed by atoms with van der Waals surface area (Å²) in [4.78, 5) is 0. The lowest BCUT2D eigenvalue weighted by molar-refractivity contribution is 0.193. The molecule has 0 N–H and O–H groups in total. The molecule has 116 valence electrons. The summed E-state index contributed by atoms with van der Waals surface area (Å²) in [5, 5.41) is 0. The van der Waals surface area contributed by atoms with Crippen LogP contribution in [0.3, 0.4) is 0 Å². The number of hydrogen-bond donors (Lipinski definition) is 0. The minimum absolute atomic E-state index is 0.486. The van der Waals surface area contributed by atoms with Crippen molar-refractivity contribution in [3.63, 3.8) is 0 Å². The zero-order valence-electron chi connectivity index (χ0n) is 12.8. The second-order valence-electron chi connectivity index (χ2n) is 6.50. The summed E-state index contributed by atoms with van der Waals surface area (Å²) in [6.07, 6.45) is 6.64. The van der Waals surface area contributed by atoms with Crippen molar-refractivity contribution in [1.82, 2.24) is 0 Å². The van der Waals surface area contributed by atoms with Crippen molar-refractivity contribution >= 4 is 11.6 Å². The Kier molecular flexibility index (Phi) is 4.95. The van der Waals surface area contributed by atoms with Crippen LogP contribution < -0.4 is 9.47 Å². The quantitative estimate of drug-likeness (QED) is 0.658. The molecule has 3 rings (SSSR count). The molecule has 0 aromatic heterocycles. The Hall–Kier alpha value is -0.890. The van der Waals surface area contributed by atoms with Gasteiger partial charge in [0.1, 0.15) is 11.5 Å². The van der Waals surface area contributed by atoms with Crippen molar-refractivity contribution in [3.8, 4) is 11.5 Å². The van der Waals surface area contributed by atoms with Crippen molar-refractivity contribution in [3.05, 3.63) is 23.8 Å². The maximum Gasteiger partial charge on any atom is 0.127 e. The highest BCUT2D eigenvalue weighted by atomic mass is 35.5. The molecular weight excluding hydrogens is 284 g/mol. The SMILES string of the molecule is CCCOc1ccc(CCl)c(OCC2CC3CCC2C3)c1. The molecule has 0 spiro atoms. The molecule has 0 saturated heterocycles. The summed E-state index contributed by atoms with van der Waals surface area (Å²) < 4.78 is 11.8. The van der Waals surface area contributed by atoms with E-state index in [1.807, 2.05) is 18.2 Å². The van der Waals surface area contributed by atoms with Crippen molar-refractivity contribution in [2.45, 2.75) is 44.9 Å². The summed E-state index contributed by atoms with van der Waals surface area (Å²) >= 11 is 6.03. The van der Waals surface area contributed by atoms with Crippen LogP contribution in [0.15, 0.2) is 18.2 Å². The topological polar surface area (TPSA) is 18.5 Å². The molecule has 3 heteroatoms. The van der Waals surface area contributed by atoms with Crippen LogP contribution in [0.25, 0.3) is 0 Å². The van der Waals surface area contributed by atoms with Crippen LogP contribution in [0.5, 0.6) is 11.5 Å². The molecule has 2 nitrogen and oxygen atoms in total. The van der Waals surface area contributed by atoms with Crippen LogP contribution >= 0.6 is 11.6 Å². The first-order valence-corrected chi connectivity index (χ1v) is 8.78. The highest BCUT2D eigenvalue weighted by Gasteiger charge is 2.39. The number of alkyl halides is 1. The zero-order valence-corrected chi connectivity index (χ0v) is 13.6. The van der Waals surface area contributed by atoms with Gasteiger partial charge in [-0.2, -0.15) is 0 Å². The fourth-order valence-electron chi connectivity index (χ4n) is 3.87. The minimum Gasteiger partial charge on any atom is -0.493 e. The normalized spacial score (nSPS) is 27.0. The van der Waals surface area contributed by atoms with Crippen LogP contribution in [0.2, 0.25) is 0 Å². The van der Waals surface area contributed by atoms with Gasteiger partial charge in [-0.05, 0) is 49.5 Å². The maximum atomic E-state index is 6.12. The number of fused-ring (bicyclic) bond motifs is 2. The van der Waals surface area contributed by atoms with Crippen LogP contribution in [0.1, 0.15) is 44.6 Å². The van der Waals surface area contributed by atoms with E-state index < -0.39 is 0 Å². The third-order valence-corrected chi connectivity index (χ3v) is 5.28. The Labute approximate surface area is 132 Å². The van der Waals surface area contributed by atoms with Crippen LogP contribution in [-0.2, 0) is 5.88 Å². The van der Waals surface area contributed by atoms with Gasteiger partial charge < -0.3 is 9.47 Å². The molecule has 2 fully saturated rings. The fraction of sp³-hybridized carbons (Fsp3) is 0.667. The fourth-order valence-corrected chi connectivity index (χ4v) is 4.09. The smallest absolute Gasteiger partial charge is 0.127 e. The van der Waals surface area contributed by atoms with E-state index in [0.29, 0.717) is 5.88 Å². The van der Waals surface area contributed by atoms with Gasteiger partial charge in [0.25, 0.3) is 0 Å². The standard InChI is InChI=1S/C18H25ClO2/c1-2-7-20-17-6-5-15(11-19)18(10-17)21-12-16-9-13-3-4-14(16)8-13/h5-6,10,13-14,16H,2-4,7-9,11-12H2,1H3. The first-order valence-electron chi connectivity index (χ1n) is 8.24. The Morgan fingerprint density at radius 2 is 2.10 bits per heavy atom. The molecule has 0 radical (unpaired) electrons. The second-order valence-corrected chi connectivity index (χ2v) is 6.76. The second kappa shape index (κ2) is 6.91. The molecule has 21 heavy (non-hydrogen) atoms. The molecule has 2 saturated carbocycles. The van der Waals surface area contributed by atoms with Crippen molar-refractivity contribution in [2.24, 2.45) is 17.8 Å². The molecule has 3 unspecified atom stereocenters. The zero-order chi connectivity index (χ0) is 14.7. The summed E-state index contributed by atoms with van der Waals surface area (Å²) in [6, 6.07) is 6.01. The van der Waals surface area contributed by atoms with Crippen molar-refractivity contribution < 1.29 is 9.47 Å².